The van der Waals surface area contributed by atoms with Crippen molar-refractivity contribution in [2.75, 3.05) is 31.1 Å². The summed E-state index contributed by atoms with van der Waals surface area (Å²) in [6.07, 6.45) is 1.94. The standard InChI is InChI=1S/C22H23FN2O3/c1-15-8-9-19-16(11-15)5-4-10-25(19)22(27)17-12-24(13-17)21(26)14-28-20-7-3-2-6-18(20)23/h2-3,6-9,11,17H,4-5,10,12-14H2,1H3. The van der Waals surface area contributed by atoms with Crippen LogP contribution in [0.1, 0.15) is 17.5 Å². The molecular formula is C22H23FN2O3. The van der Waals surface area contributed by atoms with Crippen molar-refractivity contribution in [3.8, 4) is 5.75 Å². The van der Waals surface area contributed by atoms with Crippen molar-refractivity contribution in [1.82, 2.24) is 4.90 Å². The van der Waals surface area contributed by atoms with Gasteiger partial charge in [-0.05, 0) is 43.5 Å². The number of anilines is 1. The van der Waals surface area contributed by atoms with Crippen LogP contribution < -0.4 is 9.64 Å². The number of ether oxygens (including phenoxy) is 1. The minimum Gasteiger partial charge on any atom is -0.481 e. The highest BCUT2D eigenvalue weighted by Gasteiger charge is 2.39. The molecule has 2 heterocycles. The second-order valence-corrected chi connectivity index (χ2v) is 7.44. The third-order valence-electron chi connectivity index (χ3n) is 5.39. The van der Waals surface area contributed by atoms with E-state index in [0.29, 0.717) is 13.1 Å². The lowest BCUT2D eigenvalue weighted by atomic mass is 9.94. The number of rotatable bonds is 4. The number of amides is 2. The molecule has 0 bridgehead atoms. The summed E-state index contributed by atoms with van der Waals surface area (Å²) in [6, 6.07) is 12.2. The van der Waals surface area contributed by atoms with E-state index < -0.39 is 5.82 Å². The maximum absolute atomic E-state index is 13.6. The number of fused-ring (bicyclic) bond motifs is 1. The highest BCUT2D eigenvalue weighted by atomic mass is 19.1. The molecule has 5 nitrogen and oxygen atoms in total. The molecule has 0 radical (unpaired) electrons. The van der Waals surface area contributed by atoms with Gasteiger partial charge in [0.2, 0.25) is 5.91 Å². The summed E-state index contributed by atoms with van der Waals surface area (Å²) in [5, 5.41) is 0. The molecular weight excluding hydrogens is 359 g/mol. The van der Waals surface area contributed by atoms with Crippen LogP contribution in [0.5, 0.6) is 5.75 Å². The molecule has 0 saturated carbocycles. The Kier molecular flexibility index (Phi) is 5.03. The van der Waals surface area contributed by atoms with Gasteiger partial charge in [-0.3, -0.25) is 9.59 Å². The summed E-state index contributed by atoms with van der Waals surface area (Å²) in [5.41, 5.74) is 3.41. The fraction of sp³-hybridized carbons (Fsp3) is 0.364. The Morgan fingerprint density at radius 1 is 1.18 bits per heavy atom. The van der Waals surface area contributed by atoms with E-state index in [2.05, 4.69) is 13.0 Å². The van der Waals surface area contributed by atoms with Gasteiger partial charge >= 0.3 is 0 Å². The smallest absolute Gasteiger partial charge is 0.260 e. The number of carbonyl (C=O) groups excluding carboxylic acids is 2. The van der Waals surface area contributed by atoms with Crippen molar-refractivity contribution < 1.29 is 18.7 Å². The van der Waals surface area contributed by atoms with E-state index in [-0.39, 0.29) is 30.1 Å². The summed E-state index contributed by atoms with van der Waals surface area (Å²) >= 11 is 0. The molecule has 1 fully saturated rings. The van der Waals surface area contributed by atoms with Gasteiger partial charge in [-0.25, -0.2) is 4.39 Å². The van der Waals surface area contributed by atoms with Crippen LogP contribution in [0.3, 0.4) is 0 Å². The lowest BCUT2D eigenvalue weighted by Crippen LogP contribution is -2.58. The van der Waals surface area contributed by atoms with Gasteiger partial charge in [0.1, 0.15) is 0 Å². The number of likely N-dealkylation sites (tertiary alicyclic amines) is 1. The van der Waals surface area contributed by atoms with Gasteiger partial charge in [-0.2, -0.15) is 0 Å². The average molecular weight is 382 g/mol. The highest BCUT2D eigenvalue weighted by molar-refractivity contribution is 5.98. The third-order valence-corrected chi connectivity index (χ3v) is 5.39. The van der Waals surface area contributed by atoms with Crippen molar-refractivity contribution in [2.24, 2.45) is 5.92 Å². The topological polar surface area (TPSA) is 49.9 Å². The fourth-order valence-corrected chi connectivity index (χ4v) is 3.81. The number of aryl methyl sites for hydroxylation is 2. The average Bonchev–Trinajstić information content (AvgIpc) is 2.65. The molecule has 0 atom stereocenters. The largest absolute Gasteiger partial charge is 0.481 e. The number of carbonyl (C=O) groups is 2. The quantitative estimate of drug-likeness (QED) is 0.817. The zero-order valence-corrected chi connectivity index (χ0v) is 15.9. The third kappa shape index (κ3) is 3.59. The number of nitrogens with zero attached hydrogens (tertiary/aromatic N) is 2. The van der Waals surface area contributed by atoms with Crippen LogP contribution in [0.15, 0.2) is 42.5 Å². The molecule has 2 aromatic rings. The van der Waals surface area contributed by atoms with Crippen LogP contribution in [-0.4, -0.2) is 43.0 Å². The number of hydrogen-bond donors (Lipinski definition) is 0. The Labute approximate surface area is 163 Å². The van der Waals surface area contributed by atoms with Gasteiger partial charge < -0.3 is 14.5 Å². The SMILES string of the molecule is Cc1ccc2c(c1)CCCN2C(=O)C1CN(C(=O)COc2ccccc2F)C1. The molecule has 2 aromatic carbocycles. The van der Waals surface area contributed by atoms with E-state index in [1.165, 1.54) is 23.3 Å². The predicted octanol–water partition coefficient (Wildman–Crippen LogP) is 2.95. The summed E-state index contributed by atoms with van der Waals surface area (Å²) < 4.78 is 18.8. The van der Waals surface area contributed by atoms with Gasteiger partial charge in [0.15, 0.2) is 18.2 Å². The normalized spacial score (nSPS) is 16.4. The highest BCUT2D eigenvalue weighted by Crippen LogP contribution is 2.31. The summed E-state index contributed by atoms with van der Waals surface area (Å²) in [5.74, 6) is -0.786. The summed E-state index contributed by atoms with van der Waals surface area (Å²) in [4.78, 5) is 28.6. The molecule has 146 valence electrons. The van der Waals surface area contributed by atoms with Crippen LogP contribution in [0.25, 0.3) is 0 Å². The van der Waals surface area contributed by atoms with Crippen molar-refractivity contribution in [3.05, 3.63) is 59.4 Å². The molecule has 2 amide bonds. The molecule has 0 aromatic heterocycles. The lowest BCUT2D eigenvalue weighted by Gasteiger charge is -2.41. The number of halogens is 1. The molecule has 2 aliphatic rings. The van der Waals surface area contributed by atoms with Gasteiger partial charge in [-0.1, -0.05) is 29.8 Å². The first-order valence-electron chi connectivity index (χ1n) is 9.59. The van der Waals surface area contributed by atoms with E-state index in [4.69, 9.17) is 4.74 Å². The number of para-hydroxylation sites is 1. The first-order chi connectivity index (χ1) is 13.5. The van der Waals surface area contributed by atoms with E-state index >= 15 is 0 Å². The molecule has 1 saturated heterocycles. The first kappa shape index (κ1) is 18.5. The molecule has 0 aliphatic carbocycles. The fourth-order valence-electron chi connectivity index (χ4n) is 3.81. The van der Waals surface area contributed by atoms with Crippen LogP contribution in [0, 0.1) is 18.7 Å². The van der Waals surface area contributed by atoms with E-state index in [9.17, 15) is 14.0 Å². The van der Waals surface area contributed by atoms with Gasteiger partial charge in [0.25, 0.3) is 5.91 Å². The van der Waals surface area contributed by atoms with E-state index in [0.717, 1.165) is 25.1 Å². The van der Waals surface area contributed by atoms with Gasteiger partial charge in [0, 0.05) is 25.3 Å². The molecule has 2 aliphatic heterocycles. The van der Waals surface area contributed by atoms with Gasteiger partial charge in [0.05, 0.1) is 5.92 Å². The van der Waals surface area contributed by atoms with E-state index in [1.54, 1.807) is 17.0 Å². The zero-order valence-electron chi connectivity index (χ0n) is 15.9. The van der Waals surface area contributed by atoms with Crippen LogP contribution in [-0.2, 0) is 16.0 Å². The van der Waals surface area contributed by atoms with Crippen molar-refractivity contribution in [3.63, 3.8) is 0 Å². The first-order valence-corrected chi connectivity index (χ1v) is 9.59. The molecule has 0 N–H and O–H groups in total. The Balaban J connectivity index is 1.32. The van der Waals surface area contributed by atoms with Crippen LogP contribution in [0.4, 0.5) is 10.1 Å². The summed E-state index contributed by atoms with van der Waals surface area (Å²) in [7, 11) is 0. The minimum absolute atomic E-state index is 0.0595. The minimum atomic E-state index is -0.494. The van der Waals surface area contributed by atoms with Crippen LogP contribution in [0.2, 0.25) is 0 Å². The lowest BCUT2D eigenvalue weighted by molar-refractivity contribution is -0.143. The summed E-state index contributed by atoms with van der Waals surface area (Å²) in [6.45, 7) is 3.31. The maximum Gasteiger partial charge on any atom is 0.260 e. The Morgan fingerprint density at radius 2 is 1.96 bits per heavy atom. The second kappa shape index (κ2) is 7.62. The maximum atomic E-state index is 13.6. The Bertz CT molecular complexity index is 908. The van der Waals surface area contributed by atoms with E-state index in [1.807, 2.05) is 17.0 Å². The zero-order chi connectivity index (χ0) is 19.7. The Hall–Kier alpha value is -2.89. The second-order valence-electron chi connectivity index (χ2n) is 7.44. The molecule has 0 spiro atoms. The number of benzene rings is 2. The molecule has 4 rings (SSSR count). The molecule has 6 heteroatoms. The van der Waals surface area contributed by atoms with Crippen molar-refractivity contribution in [2.45, 2.75) is 19.8 Å². The Morgan fingerprint density at radius 3 is 2.75 bits per heavy atom. The van der Waals surface area contributed by atoms with Crippen molar-refractivity contribution in [1.29, 1.82) is 0 Å². The predicted molar refractivity (Wildman–Crippen MR) is 104 cm³/mol. The molecule has 0 unspecified atom stereocenters. The van der Waals surface area contributed by atoms with Crippen molar-refractivity contribution >= 4 is 17.5 Å². The molecule has 28 heavy (non-hydrogen) atoms. The monoisotopic (exact) mass is 382 g/mol. The van der Waals surface area contributed by atoms with Gasteiger partial charge in [-0.15, -0.1) is 0 Å². The van der Waals surface area contributed by atoms with Crippen LogP contribution >= 0.6 is 0 Å². The number of hydrogen-bond acceptors (Lipinski definition) is 3.